The van der Waals surface area contributed by atoms with Crippen LogP contribution in [0.15, 0.2) is 87.0 Å². The number of benzene rings is 3. The van der Waals surface area contributed by atoms with Crippen LogP contribution < -0.4 is 4.74 Å². The van der Waals surface area contributed by atoms with Gasteiger partial charge in [-0.05, 0) is 62.7 Å². The first kappa shape index (κ1) is 25.9. The number of methoxy groups -OCH3 is 1. The van der Waals surface area contributed by atoms with E-state index in [1.165, 1.54) is 16.4 Å². The molecule has 190 valence electrons. The zero-order valence-electron chi connectivity index (χ0n) is 20.6. The highest BCUT2D eigenvalue weighted by Crippen LogP contribution is 2.36. The number of sulfonamides is 2. The summed E-state index contributed by atoms with van der Waals surface area (Å²) in [5.41, 5.74) is 2.56. The Balaban J connectivity index is 1.76. The fourth-order valence-corrected chi connectivity index (χ4v) is 6.76. The predicted octanol–water partition coefficient (Wildman–Crippen LogP) is 4.12. The zero-order valence-corrected chi connectivity index (χ0v) is 22.3. The Bertz CT molecular complexity index is 1470. The second-order valence-corrected chi connectivity index (χ2v) is 12.2. The van der Waals surface area contributed by atoms with Crippen LogP contribution >= 0.6 is 0 Å². The first-order valence-corrected chi connectivity index (χ1v) is 14.3. The number of nitrogens with zero attached hydrogens (tertiary/aromatic N) is 3. The molecule has 1 aliphatic heterocycles. The summed E-state index contributed by atoms with van der Waals surface area (Å²) in [6.07, 6.45) is -0.779. The molecule has 8 nitrogen and oxygen atoms in total. The van der Waals surface area contributed by atoms with Crippen molar-refractivity contribution < 1.29 is 21.6 Å². The first-order chi connectivity index (χ1) is 17.0. The molecule has 0 bridgehead atoms. The molecule has 0 N–H and O–H groups in total. The molecular formula is C26H29N3O5S2. The third-order valence-corrected chi connectivity index (χ3v) is 9.40. The highest BCUT2D eigenvalue weighted by atomic mass is 32.2. The van der Waals surface area contributed by atoms with E-state index < -0.39 is 26.2 Å². The van der Waals surface area contributed by atoms with Gasteiger partial charge in [0.05, 0.1) is 16.9 Å². The predicted molar refractivity (Wildman–Crippen MR) is 139 cm³/mol. The summed E-state index contributed by atoms with van der Waals surface area (Å²) in [5, 5.41) is 0. The Morgan fingerprint density at radius 1 is 0.806 bits per heavy atom. The van der Waals surface area contributed by atoms with Crippen molar-refractivity contribution in [3.05, 3.63) is 89.5 Å². The lowest BCUT2D eigenvalue weighted by atomic mass is 10.1. The molecule has 1 saturated heterocycles. The molecule has 1 atom stereocenters. The molecule has 3 aromatic carbocycles. The second-order valence-electron chi connectivity index (χ2n) is 8.70. The van der Waals surface area contributed by atoms with Gasteiger partial charge in [-0.1, -0.05) is 47.5 Å². The largest absolute Gasteiger partial charge is 0.497 e. The van der Waals surface area contributed by atoms with Crippen molar-refractivity contribution in [3.63, 3.8) is 0 Å². The minimum absolute atomic E-state index is 0.0803. The quantitative estimate of drug-likeness (QED) is 0.353. The summed E-state index contributed by atoms with van der Waals surface area (Å²) in [5.74, 6) is 0.835. The molecule has 1 aliphatic rings. The van der Waals surface area contributed by atoms with E-state index in [1.54, 1.807) is 79.6 Å². The third kappa shape index (κ3) is 5.16. The topological polar surface area (TPSA) is 96.3 Å². The van der Waals surface area contributed by atoms with E-state index in [9.17, 15) is 16.8 Å². The molecule has 4 rings (SSSR count). The van der Waals surface area contributed by atoms with Gasteiger partial charge in [-0.25, -0.2) is 8.42 Å². The smallest absolute Gasteiger partial charge is 0.283 e. The van der Waals surface area contributed by atoms with E-state index in [0.29, 0.717) is 11.3 Å². The monoisotopic (exact) mass is 527 g/mol. The van der Waals surface area contributed by atoms with Crippen LogP contribution in [0.2, 0.25) is 0 Å². The first-order valence-electron chi connectivity index (χ1n) is 11.4. The summed E-state index contributed by atoms with van der Waals surface area (Å²) in [6.45, 7) is 5.80. The highest BCUT2D eigenvalue weighted by Gasteiger charge is 2.42. The number of rotatable bonds is 6. The number of ether oxygens (including phenoxy) is 1. The Hall–Kier alpha value is -3.21. The third-order valence-electron chi connectivity index (χ3n) is 6.16. The van der Waals surface area contributed by atoms with Crippen LogP contribution in [-0.4, -0.2) is 52.1 Å². The molecule has 0 spiro atoms. The lowest BCUT2D eigenvalue weighted by molar-refractivity contribution is 0.284. The molecule has 36 heavy (non-hydrogen) atoms. The molecule has 0 unspecified atom stereocenters. The Morgan fingerprint density at radius 3 is 1.86 bits per heavy atom. The van der Waals surface area contributed by atoms with Crippen LogP contribution in [-0.2, 0) is 20.0 Å². The Labute approximate surface area is 213 Å². The molecule has 1 heterocycles. The van der Waals surface area contributed by atoms with Crippen molar-refractivity contribution >= 4 is 25.9 Å². The van der Waals surface area contributed by atoms with E-state index >= 15 is 0 Å². The zero-order chi connectivity index (χ0) is 26.1. The van der Waals surface area contributed by atoms with Gasteiger partial charge in [-0.3, -0.25) is 0 Å². The van der Waals surface area contributed by atoms with Crippen LogP contribution in [0.3, 0.4) is 0 Å². The Morgan fingerprint density at radius 2 is 1.33 bits per heavy atom. The van der Waals surface area contributed by atoms with Gasteiger partial charge in [-0.2, -0.15) is 12.7 Å². The van der Waals surface area contributed by atoms with Gasteiger partial charge in [0.1, 0.15) is 17.8 Å². The molecule has 3 aromatic rings. The van der Waals surface area contributed by atoms with Crippen molar-refractivity contribution in [1.29, 1.82) is 0 Å². The van der Waals surface area contributed by atoms with Gasteiger partial charge < -0.3 is 9.64 Å². The fourth-order valence-electron chi connectivity index (χ4n) is 4.15. The lowest BCUT2D eigenvalue weighted by Crippen LogP contribution is -2.37. The summed E-state index contributed by atoms with van der Waals surface area (Å²) in [4.78, 5) is 1.96. The summed E-state index contributed by atoms with van der Waals surface area (Å²) < 4.78 is 64.1. The molecule has 0 saturated carbocycles. The lowest BCUT2D eigenvalue weighted by Gasteiger charge is -2.31. The summed E-state index contributed by atoms with van der Waals surface area (Å²) >= 11 is 0. The van der Waals surface area contributed by atoms with Gasteiger partial charge in [0, 0.05) is 13.1 Å². The van der Waals surface area contributed by atoms with E-state index in [1.807, 2.05) is 13.8 Å². The van der Waals surface area contributed by atoms with Crippen molar-refractivity contribution in [2.75, 3.05) is 20.2 Å². The van der Waals surface area contributed by atoms with Crippen molar-refractivity contribution in [2.45, 2.75) is 36.7 Å². The van der Waals surface area contributed by atoms with Gasteiger partial charge in [0.25, 0.3) is 10.0 Å². The molecule has 0 aromatic heterocycles. The maximum Gasteiger partial charge on any atom is 0.283 e. The standard InChI is InChI=1S/C26H29N3O5S2/c1-19-5-13-24(14-6-19)35(30,31)27-21(3)28-17-18-29(26(28)22-9-11-23(34-4)12-10-22)36(32,33)25-15-7-20(2)8-16-25/h5-16,26H,17-18H2,1-4H3/t26-/m1/s1. The van der Waals surface area contributed by atoms with Crippen LogP contribution in [0.25, 0.3) is 0 Å². The summed E-state index contributed by atoms with van der Waals surface area (Å²) in [6, 6.07) is 20.2. The van der Waals surface area contributed by atoms with E-state index in [2.05, 4.69) is 4.40 Å². The van der Waals surface area contributed by atoms with Gasteiger partial charge in [0.2, 0.25) is 10.0 Å². The number of hydrogen-bond acceptors (Lipinski definition) is 5. The van der Waals surface area contributed by atoms with Crippen molar-refractivity contribution in [1.82, 2.24) is 9.21 Å². The summed E-state index contributed by atoms with van der Waals surface area (Å²) in [7, 11) is -6.31. The minimum atomic E-state index is -3.98. The minimum Gasteiger partial charge on any atom is -0.497 e. The molecule has 0 amide bonds. The van der Waals surface area contributed by atoms with Crippen molar-refractivity contribution in [2.24, 2.45) is 4.40 Å². The van der Waals surface area contributed by atoms with Gasteiger partial charge in [-0.15, -0.1) is 4.40 Å². The molecule has 10 heteroatoms. The van der Waals surface area contributed by atoms with Crippen molar-refractivity contribution in [3.8, 4) is 5.75 Å². The van der Waals surface area contributed by atoms with E-state index in [4.69, 9.17) is 4.74 Å². The maximum atomic E-state index is 13.7. The Kier molecular flexibility index (Phi) is 7.21. The number of hydrogen-bond donors (Lipinski definition) is 0. The SMILES string of the molecule is COc1ccc([C@@H]2N(C(C)=NS(=O)(=O)c3ccc(C)cc3)CCN2S(=O)(=O)c2ccc(C)cc2)cc1. The molecule has 1 fully saturated rings. The van der Waals surface area contributed by atoms with Crippen LogP contribution in [0.4, 0.5) is 0 Å². The van der Waals surface area contributed by atoms with E-state index in [-0.39, 0.29) is 28.7 Å². The number of aryl methyl sites for hydroxylation is 2. The second kappa shape index (κ2) is 10.0. The van der Waals surface area contributed by atoms with Crippen LogP contribution in [0.1, 0.15) is 29.8 Å². The van der Waals surface area contributed by atoms with Crippen LogP contribution in [0, 0.1) is 13.8 Å². The average Bonchev–Trinajstić information content (AvgIpc) is 3.31. The fraction of sp³-hybridized carbons (Fsp3) is 0.269. The van der Waals surface area contributed by atoms with E-state index in [0.717, 1.165) is 11.1 Å². The van der Waals surface area contributed by atoms with Crippen LogP contribution in [0.5, 0.6) is 5.75 Å². The maximum absolute atomic E-state index is 13.7. The molecule has 0 radical (unpaired) electrons. The van der Waals surface area contributed by atoms with Gasteiger partial charge >= 0.3 is 0 Å². The average molecular weight is 528 g/mol. The van der Waals surface area contributed by atoms with Gasteiger partial charge in [0.15, 0.2) is 0 Å². The number of amidine groups is 1. The normalized spacial score (nSPS) is 17.4. The molecule has 0 aliphatic carbocycles. The highest BCUT2D eigenvalue weighted by molar-refractivity contribution is 7.90. The molecular weight excluding hydrogens is 498 g/mol.